The molecule has 0 aliphatic heterocycles. The summed E-state index contributed by atoms with van der Waals surface area (Å²) in [4.78, 5) is 0. The zero-order chi connectivity index (χ0) is 16.8. The molecule has 0 fully saturated rings. The topological polar surface area (TPSA) is 0 Å². The van der Waals surface area contributed by atoms with Gasteiger partial charge >= 0.3 is 0 Å². The fourth-order valence-corrected chi connectivity index (χ4v) is 3.37. The van der Waals surface area contributed by atoms with Gasteiger partial charge in [0, 0.05) is 0 Å². The lowest BCUT2D eigenvalue weighted by Gasteiger charge is -2.08. The lowest BCUT2D eigenvalue weighted by molar-refractivity contribution is 0.749. The molecule has 0 heterocycles. The van der Waals surface area contributed by atoms with Crippen LogP contribution in [0.3, 0.4) is 0 Å². The fraction of sp³-hybridized carbons (Fsp3) is 0.250. The van der Waals surface area contributed by atoms with E-state index in [1.54, 1.807) is 0 Å². The van der Waals surface area contributed by atoms with Gasteiger partial charge in [0.1, 0.15) is 0 Å². The Hall–Kier alpha value is -2.34. The molecule has 0 aliphatic rings. The van der Waals surface area contributed by atoms with Crippen LogP contribution in [0, 0.1) is 0 Å². The second-order valence-electron chi connectivity index (χ2n) is 6.54. The summed E-state index contributed by atoms with van der Waals surface area (Å²) in [5, 5.41) is 5.40. The highest BCUT2D eigenvalue weighted by Crippen LogP contribution is 2.28. The second-order valence-corrected chi connectivity index (χ2v) is 6.54. The molecule has 0 amide bonds. The van der Waals surface area contributed by atoms with Gasteiger partial charge in [0.25, 0.3) is 0 Å². The minimum absolute atomic E-state index is 1.04. The Morgan fingerprint density at radius 1 is 0.625 bits per heavy atom. The van der Waals surface area contributed by atoms with Crippen molar-refractivity contribution < 1.29 is 0 Å². The smallest absolute Gasteiger partial charge is 0.0105 e. The Morgan fingerprint density at radius 2 is 1.21 bits per heavy atom. The molecular weight excluding hydrogens is 288 g/mol. The highest BCUT2D eigenvalue weighted by atomic mass is 14.1. The van der Waals surface area contributed by atoms with E-state index < -0.39 is 0 Å². The van der Waals surface area contributed by atoms with Gasteiger partial charge in [-0.15, -0.1) is 13.2 Å². The number of allylic oxidation sites excluding steroid dienone is 2. The van der Waals surface area contributed by atoms with Crippen LogP contribution in [0.4, 0.5) is 0 Å². The molecule has 0 nitrogen and oxygen atoms in total. The minimum atomic E-state index is 1.04. The van der Waals surface area contributed by atoms with Gasteiger partial charge in [0.2, 0.25) is 0 Å². The second kappa shape index (κ2) is 7.97. The quantitative estimate of drug-likeness (QED) is 0.238. The maximum Gasteiger partial charge on any atom is -0.0105 e. The number of benzene rings is 3. The maximum absolute atomic E-state index is 3.81. The van der Waals surface area contributed by atoms with Crippen LogP contribution in [-0.2, 0) is 12.8 Å². The third-order valence-corrected chi connectivity index (χ3v) is 4.73. The van der Waals surface area contributed by atoms with E-state index in [1.165, 1.54) is 45.5 Å². The number of unbranched alkanes of at least 4 members (excludes halogenated alkanes) is 2. The van der Waals surface area contributed by atoms with Crippen molar-refractivity contribution in [1.82, 2.24) is 0 Å². The van der Waals surface area contributed by atoms with Gasteiger partial charge < -0.3 is 0 Å². The van der Waals surface area contributed by atoms with Crippen molar-refractivity contribution in [3.05, 3.63) is 85.0 Å². The molecule has 0 spiro atoms. The molecule has 0 aliphatic carbocycles. The summed E-state index contributed by atoms with van der Waals surface area (Å²) in [6.45, 7) is 7.61. The van der Waals surface area contributed by atoms with Crippen molar-refractivity contribution in [2.75, 3.05) is 0 Å². The van der Waals surface area contributed by atoms with Gasteiger partial charge in [-0.3, -0.25) is 0 Å². The third kappa shape index (κ3) is 3.76. The monoisotopic (exact) mass is 314 g/mol. The molecule has 122 valence electrons. The van der Waals surface area contributed by atoms with Crippen LogP contribution < -0.4 is 0 Å². The standard InChI is InChI=1S/C24H26/c1-3-5-7-8-10-20-12-16-24-22(18-20)14-13-21-17-19(9-6-4-2)11-15-23(21)24/h3-4,11-18H,1-2,5-10H2. The van der Waals surface area contributed by atoms with Gasteiger partial charge in [-0.05, 0) is 71.2 Å². The minimum Gasteiger partial charge on any atom is -0.103 e. The largest absolute Gasteiger partial charge is 0.103 e. The van der Waals surface area contributed by atoms with Crippen molar-refractivity contribution in [3.63, 3.8) is 0 Å². The van der Waals surface area contributed by atoms with Gasteiger partial charge in [-0.1, -0.05) is 60.7 Å². The van der Waals surface area contributed by atoms with E-state index in [0.717, 1.165) is 25.7 Å². The number of aryl methyl sites for hydroxylation is 2. The SMILES string of the molecule is C=CCCCCc1ccc2c(ccc3cc(CCC=C)ccc32)c1. The molecule has 0 aromatic heterocycles. The van der Waals surface area contributed by atoms with Gasteiger partial charge in [-0.25, -0.2) is 0 Å². The molecule has 3 aromatic rings. The summed E-state index contributed by atoms with van der Waals surface area (Å²) in [7, 11) is 0. The molecular formula is C24H26. The summed E-state index contributed by atoms with van der Waals surface area (Å²) < 4.78 is 0. The maximum atomic E-state index is 3.81. The molecule has 0 unspecified atom stereocenters. The van der Waals surface area contributed by atoms with Crippen molar-refractivity contribution in [2.24, 2.45) is 0 Å². The van der Waals surface area contributed by atoms with Crippen LogP contribution in [0.2, 0.25) is 0 Å². The van der Waals surface area contributed by atoms with Crippen LogP contribution in [0.5, 0.6) is 0 Å². The molecule has 0 saturated heterocycles. The molecule has 0 bridgehead atoms. The number of hydrogen-bond acceptors (Lipinski definition) is 0. The summed E-state index contributed by atoms with van der Waals surface area (Å²) in [6.07, 6.45) is 10.8. The van der Waals surface area contributed by atoms with Crippen molar-refractivity contribution in [2.45, 2.75) is 38.5 Å². The number of rotatable bonds is 8. The van der Waals surface area contributed by atoms with Crippen LogP contribution in [-0.4, -0.2) is 0 Å². The first-order valence-electron chi connectivity index (χ1n) is 8.98. The highest BCUT2D eigenvalue weighted by molar-refractivity contribution is 6.07. The van der Waals surface area contributed by atoms with E-state index in [0.29, 0.717) is 0 Å². The Balaban J connectivity index is 1.87. The first kappa shape index (κ1) is 16.5. The van der Waals surface area contributed by atoms with Gasteiger partial charge in [-0.2, -0.15) is 0 Å². The first-order chi connectivity index (χ1) is 11.8. The van der Waals surface area contributed by atoms with Crippen molar-refractivity contribution in [3.8, 4) is 0 Å². The molecule has 3 aromatic carbocycles. The zero-order valence-corrected chi connectivity index (χ0v) is 14.4. The Labute approximate surface area is 145 Å². The van der Waals surface area contributed by atoms with Crippen LogP contribution in [0.25, 0.3) is 21.5 Å². The predicted molar refractivity (Wildman–Crippen MR) is 108 cm³/mol. The summed E-state index contributed by atoms with van der Waals surface area (Å²) in [6, 6.07) is 18.3. The fourth-order valence-electron chi connectivity index (χ4n) is 3.37. The summed E-state index contributed by atoms with van der Waals surface area (Å²) >= 11 is 0. The molecule has 0 heteroatoms. The highest BCUT2D eigenvalue weighted by Gasteiger charge is 2.03. The Bertz CT molecular complexity index is 854. The lowest BCUT2D eigenvalue weighted by Crippen LogP contribution is -1.88. The normalized spacial score (nSPS) is 11.0. The van der Waals surface area contributed by atoms with E-state index >= 15 is 0 Å². The van der Waals surface area contributed by atoms with Gasteiger partial charge in [0.05, 0.1) is 0 Å². The van der Waals surface area contributed by atoms with Crippen molar-refractivity contribution >= 4 is 21.5 Å². The van der Waals surface area contributed by atoms with E-state index in [2.05, 4.69) is 61.7 Å². The van der Waals surface area contributed by atoms with Crippen LogP contribution >= 0.6 is 0 Å². The van der Waals surface area contributed by atoms with E-state index in [-0.39, 0.29) is 0 Å². The molecule has 0 N–H and O–H groups in total. The first-order valence-corrected chi connectivity index (χ1v) is 8.98. The zero-order valence-electron chi connectivity index (χ0n) is 14.4. The number of hydrogen-bond donors (Lipinski definition) is 0. The average Bonchev–Trinajstić information content (AvgIpc) is 2.63. The van der Waals surface area contributed by atoms with E-state index in [9.17, 15) is 0 Å². The summed E-state index contributed by atoms with van der Waals surface area (Å²) in [5.74, 6) is 0. The Morgan fingerprint density at radius 3 is 1.79 bits per heavy atom. The number of fused-ring (bicyclic) bond motifs is 3. The van der Waals surface area contributed by atoms with Gasteiger partial charge in [0.15, 0.2) is 0 Å². The molecule has 0 radical (unpaired) electrons. The van der Waals surface area contributed by atoms with E-state index in [1.807, 2.05) is 12.2 Å². The average molecular weight is 314 g/mol. The lowest BCUT2D eigenvalue weighted by atomic mass is 9.96. The third-order valence-electron chi connectivity index (χ3n) is 4.73. The van der Waals surface area contributed by atoms with E-state index in [4.69, 9.17) is 0 Å². The Kier molecular flexibility index (Phi) is 5.48. The predicted octanol–water partition coefficient (Wildman–Crippen LogP) is 7.01. The molecule has 24 heavy (non-hydrogen) atoms. The van der Waals surface area contributed by atoms with Crippen LogP contribution in [0.15, 0.2) is 73.8 Å². The summed E-state index contributed by atoms with van der Waals surface area (Å²) in [5.41, 5.74) is 2.83. The molecule has 0 saturated carbocycles. The van der Waals surface area contributed by atoms with Crippen molar-refractivity contribution in [1.29, 1.82) is 0 Å². The van der Waals surface area contributed by atoms with Crippen LogP contribution in [0.1, 0.15) is 36.8 Å². The molecule has 0 atom stereocenters. The molecule has 3 rings (SSSR count).